The molecule has 0 saturated heterocycles. The summed E-state index contributed by atoms with van der Waals surface area (Å²) in [5.41, 5.74) is 7.17. The molecule has 1 nitrogen and oxygen atoms in total. The van der Waals surface area contributed by atoms with Crippen LogP contribution in [-0.2, 0) is 0 Å². The minimum atomic E-state index is 0.0710. The maximum atomic E-state index is 5.99. The minimum Gasteiger partial charge on any atom is -0.324 e. The molecule has 1 atom stereocenters. The van der Waals surface area contributed by atoms with Crippen LogP contribution < -0.4 is 5.73 Å². The third kappa shape index (κ3) is 2.07. The fraction of sp³-hybridized carbons (Fsp3) is 0.100. The van der Waals surface area contributed by atoms with Crippen LogP contribution in [0.25, 0.3) is 32.3 Å². The fourth-order valence-electron chi connectivity index (χ4n) is 2.99. The van der Waals surface area contributed by atoms with E-state index in [4.69, 9.17) is 5.73 Å². The largest absolute Gasteiger partial charge is 0.324 e. The number of benzene rings is 4. The lowest BCUT2D eigenvalue weighted by Crippen LogP contribution is -2.04. The van der Waals surface area contributed by atoms with E-state index < -0.39 is 0 Å². The number of hydrogen-bond acceptors (Lipinski definition) is 1. The molecule has 0 radical (unpaired) electrons. The molecule has 0 heterocycles. The van der Waals surface area contributed by atoms with Gasteiger partial charge in [-0.15, -0.1) is 0 Å². The molecule has 4 rings (SSSR count). The molecule has 4 aromatic rings. The standard InChI is InChI=1S/C20H17N/c1-13(21)14-6-7-17-11-19-9-15-4-2-3-5-16(15)10-20(19)12-18(17)8-14/h2-13H,21H2,1H3/t13-/m0/s1. The van der Waals surface area contributed by atoms with Gasteiger partial charge in [-0.05, 0) is 75.1 Å². The van der Waals surface area contributed by atoms with Crippen molar-refractivity contribution in [2.75, 3.05) is 0 Å². The van der Waals surface area contributed by atoms with E-state index in [1.807, 2.05) is 6.92 Å². The molecule has 0 aromatic heterocycles. The second-order valence-electron chi connectivity index (χ2n) is 5.79. The van der Waals surface area contributed by atoms with Crippen molar-refractivity contribution in [2.45, 2.75) is 13.0 Å². The van der Waals surface area contributed by atoms with Crippen molar-refractivity contribution in [1.82, 2.24) is 0 Å². The molecule has 0 aliphatic heterocycles. The number of hydrogen-bond donors (Lipinski definition) is 1. The monoisotopic (exact) mass is 271 g/mol. The third-order valence-electron chi connectivity index (χ3n) is 4.21. The lowest BCUT2D eigenvalue weighted by molar-refractivity contribution is 0.820. The fourth-order valence-corrected chi connectivity index (χ4v) is 2.99. The summed E-state index contributed by atoms with van der Waals surface area (Å²) in [5.74, 6) is 0. The van der Waals surface area contributed by atoms with Crippen molar-refractivity contribution in [1.29, 1.82) is 0 Å². The van der Waals surface area contributed by atoms with Gasteiger partial charge in [0, 0.05) is 6.04 Å². The van der Waals surface area contributed by atoms with E-state index in [-0.39, 0.29) is 6.04 Å². The van der Waals surface area contributed by atoms with Crippen molar-refractivity contribution in [3.8, 4) is 0 Å². The SMILES string of the molecule is C[C@H](N)c1ccc2cc3cc4ccccc4cc3cc2c1. The summed E-state index contributed by atoms with van der Waals surface area (Å²) in [6, 6.07) is 24.1. The lowest BCUT2D eigenvalue weighted by Gasteiger charge is -2.09. The zero-order valence-electron chi connectivity index (χ0n) is 12.0. The van der Waals surface area contributed by atoms with Crippen molar-refractivity contribution in [2.24, 2.45) is 5.73 Å². The average molecular weight is 271 g/mol. The topological polar surface area (TPSA) is 26.0 Å². The summed E-state index contributed by atoms with van der Waals surface area (Å²) < 4.78 is 0. The molecule has 0 amide bonds. The van der Waals surface area contributed by atoms with Crippen LogP contribution in [0.15, 0.2) is 66.7 Å². The van der Waals surface area contributed by atoms with Gasteiger partial charge in [0.05, 0.1) is 0 Å². The highest BCUT2D eigenvalue weighted by atomic mass is 14.6. The zero-order chi connectivity index (χ0) is 14.4. The molecule has 0 aliphatic rings. The van der Waals surface area contributed by atoms with Crippen LogP contribution in [-0.4, -0.2) is 0 Å². The van der Waals surface area contributed by atoms with E-state index in [0.717, 1.165) is 0 Å². The minimum absolute atomic E-state index is 0.0710. The first kappa shape index (κ1) is 12.4. The van der Waals surface area contributed by atoms with Crippen molar-refractivity contribution < 1.29 is 0 Å². The molecule has 0 fully saturated rings. The van der Waals surface area contributed by atoms with Crippen LogP contribution in [0.2, 0.25) is 0 Å². The quantitative estimate of drug-likeness (QED) is 0.475. The van der Waals surface area contributed by atoms with Gasteiger partial charge in [0.1, 0.15) is 0 Å². The zero-order valence-corrected chi connectivity index (χ0v) is 12.0. The van der Waals surface area contributed by atoms with Crippen LogP contribution in [0.3, 0.4) is 0 Å². The first-order chi connectivity index (χ1) is 10.2. The average Bonchev–Trinajstić information content (AvgIpc) is 2.50. The van der Waals surface area contributed by atoms with Gasteiger partial charge in [0.15, 0.2) is 0 Å². The smallest absolute Gasteiger partial charge is 0.0266 e. The Hall–Kier alpha value is -2.38. The molecule has 4 aromatic carbocycles. The second-order valence-corrected chi connectivity index (χ2v) is 5.79. The summed E-state index contributed by atoms with van der Waals surface area (Å²) in [7, 11) is 0. The van der Waals surface area contributed by atoms with Crippen LogP contribution in [0, 0.1) is 0 Å². The van der Waals surface area contributed by atoms with Gasteiger partial charge in [-0.3, -0.25) is 0 Å². The van der Waals surface area contributed by atoms with E-state index in [0.29, 0.717) is 0 Å². The molecular weight excluding hydrogens is 254 g/mol. The Kier molecular flexibility index (Phi) is 2.69. The molecule has 0 aliphatic carbocycles. The van der Waals surface area contributed by atoms with Gasteiger partial charge < -0.3 is 5.73 Å². The summed E-state index contributed by atoms with van der Waals surface area (Å²) in [6.07, 6.45) is 0. The van der Waals surface area contributed by atoms with Gasteiger partial charge in [-0.2, -0.15) is 0 Å². The van der Waals surface area contributed by atoms with E-state index in [1.165, 1.54) is 37.9 Å². The first-order valence-electron chi connectivity index (χ1n) is 7.32. The molecule has 0 unspecified atom stereocenters. The maximum absolute atomic E-state index is 5.99. The predicted molar refractivity (Wildman–Crippen MR) is 91.6 cm³/mol. The molecule has 0 spiro atoms. The van der Waals surface area contributed by atoms with Crippen molar-refractivity contribution >= 4 is 32.3 Å². The predicted octanol–water partition coefficient (Wildman–Crippen LogP) is 5.17. The lowest BCUT2D eigenvalue weighted by atomic mass is 9.97. The molecule has 2 N–H and O–H groups in total. The number of fused-ring (bicyclic) bond motifs is 3. The van der Waals surface area contributed by atoms with Gasteiger partial charge in [-0.25, -0.2) is 0 Å². The van der Waals surface area contributed by atoms with Crippen LogP contribution in [0.4, 0.5) is 0 Å². The van der Waals surface area contributed by atoms with Crippen LogP contribution >= 0.6 is 0 Å². The third-order valence-corrected chi connectivity index (χ3v) is 4.21. The molecule has 0 saturated carbocycles. The Morgan fingerprint density at radius 3 is 1.67 bits per heavy atom. The first-order valence-corrected chi connectivity index (χ1v) is 7.32. The van der Waals surface area contributed by atoms with Gasteiger partial charge in [-0.1, -0.05) is 36.4 Å². The number of nitrogens with two attached hydrogens (primary N) is 1. The molecule has 1 heteroatoms. The summed E-state index contributed by atoms with van der Waals surface area (Å²) in [4.78, 5) is 0. The molecule has 21 heavy (non-hydrogen) atoms. The highest BCUT2D eigenvalue weighted by molar-refractivity contribution is 6.04. The van der Waals surface area contributed by atoms with Crippen LogP contribution in [0.5, 0.6) is 0 Å². The molecule has 102 valence electrons. The summed E-state index contributed by atoms with van der Waals surface area (Å²) in [5, 5.41) is 7.66. The van der Waals surface area contributed by atoms with Gasteiger partial charge >= 0.3 is 0 Å². The molecular formula is C20H17N. The normalized spacial score (nSPS) is 13.0. The Bertz CT molecular complexity index is 967. The van der Waals surface area contributed by atoms with Crippen molar-refractivity contribution in [3.05, 3.63) is 72.3 Å². The van der Waals surface area contributed by atoms with E-state index >= 15 is 0 Å². The highest BCUT2D eigenvalue weighted by Gasteiger charge is 2.04. The Morgan fingerprint density at radius 1 is 0.619 bits per heavy atom. The van der Waals surface area contributed by atoms with Gasteiger partial charge in [0.2, 0.25) is 0 Å². The Morgan fingerprint density at radius 2 is 1.10 bits per heavy atom. The van der Waals surface area contributed by atoms with E-state index in [2.05, 4.69) is 66.7 Å². The summed E-state index contributed by atoms with van der Waals surface area (Å²) >= 11 is 0. The Balaban J connectivity index is 2.05. The van der Waals surface area contributed by atoms with Gasteiger partial charge in [0.25, 0.3) is 0 Å². The maximum Gasteiger partial charge on any atom is 0.0266 e. The Labute approximate surface area is 124 Å². The summed E-state index contributed by atoms with van der Waals surface area (Å²) in [6.45, 7) is 2.02. The number of rotatable bonds is 1. The van der Waals surface area contributed by atoms with Crippen LogP contribution in [0.1, 0.15) is 18.5 Å². The van der Waals surface area contributed by atoms with E-state index in [1.54, 1.807) is 0 Å². The van der Waals surface area contributed by atoms with Crippen molar-refractivity contribution in [3.63, 3.8) is 0 Å². The van der Waals surface area contributed by atoms with E-state index in [9.17, 15) is 0 Å². The molecule has 0 bridgehead atoms. The highest BCUT2D eigenvalue weighted by Crippen LogP contribution is 2.28. The second kappa shape index (κ2) is 4.57.